The van der Waals surface area contributed by atoms with Crippen molar-refractivity contribution in [3.8, 4) is 11.1 Å². The summed E-state index contributed by atoms with van der Waals surface area (Å²) in [5, 5.41) is 3.51. The number of morpholine rings is 1. The van der Waals surface area contributed by atoms with Crippen molar-refractivity contribution < 1.29 is 19.1 Å². The monoisotopic (exact) mass is 406 g/mol. The number of ketones is 1. The molecule has 0 spiro atoms. The van der Waals surface area contributed by atoms with Crippen LogP contribution in [0.4, 0.5) is 0 Å². The van der Waals surface area contributed by atoms with Crippen LogP contribution in [0.2, 0.25) is 0 Å². The fourth-order valence-corrected chi connectivity index (χ4v) is 4.18. The van der Waals surface area contributed by atoms with Crippen molar-refractivity contribution in [1.29, 1.82) is 0 Å². The minimum Gasteiger partial charge on any atom is -0.462 e. The Morgan fingerprint density at radius 3 is 2.77 bits per heavy atom. The molecule has 6 heteroatoms. The predicted molar refractivity (Wildman–Crippen MR) is 115 cm³/mol. The van der Waals surface area contributed by atoms with E-state index in [0.717, 1.165) is 28.8 Å². The molecule has 1 aliphatic heterocycles. The normalized spacial score (nSPS) is 16.6. The van der Waals surface area contributed by atoms with E-state index < -0.39 is 5.97 Å². The Balaban J connectivity index is 1.88. The smallest absolute Gasteiger partial charge is 0.338 e. The van der Waals surface area contributed by atoms with Crippen LogP contribution in [0.1, 0.15) is 51.9 Å². The van der Waals surface area contributed by atoms with Gasteiger partial charge in [0.2, 0.25) is 0 Å². The van der Waals surface area contributed by atoms with Gasteiger partial charge in [0.25, 0.3) is 0 Å². The number of ether oxygens (including phenoxy) is 2. The van der Waals surface area contributed by atoms with Crippen molar-refractivity contribution in [2.75, 3.05) is 26.4 Å². The maximum absolute atomic E-state index is 12.5. The van der Waals surface area contributed by atoms with Crippen molar-refractivity contribution in [1.82, 2.24) is 9.72 Å². The molecule has 0 aliphatic carbocycles. The summed E-state index contributed by atoms with van der Waals surface area (Å²) in [4.78, 5) is 24.9. The van der Waals surface area contributed by atoms with Crippen LogP contribution in [-0.2, 0) is 9.47 Å². The number of nitrogens with zero attached hydrogens (tertiary/aromatic N) is 1. The molecule has 1 atom stereocenters. The Hall–Kier alpha value is -2.96. The van der Waals surface area contributed by atoms with Gasteiger partial charge in [0, 0.05) is 30.7 Å². The van der Waals surface area contributed by atoms with Crippen molar-refractivity contribution in [3.63, 3.8) is 0 Å². The van der Waals surface area contributed by atoms with Crippen LogP contribution in [0.5, 0.6) is 0 Å². The summed E-state index contributed by atoms with van der Waals surface area (Å²) in [6, 6.07) is 12.1. The molecule has 6 nitrogen and oxygen atoms in total. The number of benzene rings is 1. The van der Waals surface area contributed by atoms with E-state index in [2.05, 4.69) is 17.4 Å². The van der Waals surface area contributed by atoms with Gasteiger partial charge in [-0.2, -0.15) is 0 Å². The number of Topliss-reactive ketones (excluding diaryl/α,β-unsaturated/α-hetero) is 1. The number of hydrogen-bond acceptors (Lipinski definition) is 5. The summed E-state index contributed by atoms with van der Waals surface area (Å²) in [6.07, 6.45) is 1.97. The zero-order valence-corrected chi connectivity index (χ0v) is 17.5. The van der Waals surface area contributed by atoms with Gasteiger partial charge < -0.3 is 19.2 Å². The summed E-state index contributed by atoms with van der Waals surface area (Å²) < 4.78 is 12.7. The van der Waals surface area contributed by atoms with E-state index in [1.165, 1.54) is 6.92 Å². The summed E-state index contributed by atoms with van der Waals surface area (Å²) in [7, 11) is 0. The topological polar surface area (TPSA) is 69.0 Å². The molecule has 1 aliphatic rings. The van der Waals surface area contributed by atoms with Gasteiger partial charge in [0.1, 0.15) is 0 Å². The molecule has 0 bridgehead atoms. The van der Waals surface area contributed by atoms with Gasteiger partial charge in [-0.3, -0.25) is 4.79 Å². The van der Waals surface area contributed by atoms with E-state index in [-0.39, 0.29) is 18.4 Å². The van der Waals surface area contributed by atoms with E-state index >= 15 is 0 Å². The molecule has 0 radical (unpaired) electrons. The number of nitrogens with one attached hydrogen (secondary N) is 1. The lowest BCUT2D eigenvalue weighted by Gasteiger charge is -2.26. The molecule has 4 rings (SSSR count). The molecular formula is C24H26N2O4. The van der Waals surface area contributed by atoms with Crippen molar-refractivity contribution in [2.24, 2.45) is 0 Å². The van der Waals surface area contributed by atoms with Crippen molar-refractivity contribution in [2.45, 2.75) is 26.8 Å². The van der Waals surface area contributed by atoms with Gasteiger partial charge in [-0.25, -0.2) is 4.79 Å². The zero-order chi connectivity index (χ0) is 21.3. The second-order valence-corrected chi connectivity index (χ2v) is 7.50. The first-order chi connectivity index (χ1) is 14.5. The van der Waals surface area contributed by atoms with Gasteiger partial charge in [-0.05, 0) is 42.7 Å². The van der Waals surface area contributed by atoms with Crippen LogP contribution in [-0.4, -0.2) is 42.5 Å². The van der Waals surface area contributed by atoms with Gasteiger partial charge in [-0.1, -0.05) is 24.3 Å². The summed E-state index contributed by atoms with van der Waals surface area (Å²) in [5.74, 6) is -0.506. The lowest BCUT2D eigenvalue weighted by atomic mass is 9.96. The molecule has 1 N–H and O–H groups in total. The molecular weight excluding hydrogens is 380 g/mol. The fraction of sp³-hybridized carbons (Fsp3) is 0.333. The maximum atomic E-state index is 12.5. The quantitative estimate of drug-likeness (QED) is 0.513. The molecule has 2 aromatic heterocycles. The number of aromatic nitrogens is 1. The number of pyridine rings is 1. The molecule has 30 heavy (non-hydrogen) atoms. The van der Waals surface area contributed by atoms with Crippen molar-refractivity contribution in [3.05, 3.63) is 65.0 Å². The Morgan fingerprint density at radius 1 is 1.27 bits per heavy atom. The summed E-state index contributed by atoms with van der Waals surface area (Å²) in [5.41, 5.74) is 5.56. The molecule has 0 saturated carbocycles. The predicted octanol–water partition coefficient (Wildman–Crippen LogP) is 3.95. The molecule has 0 amide bonds. The van der Waals surface area contributed by atoms with Crippen LogP contribution >= 0.6 is 0 Å². The molecule has 156 valence electrons. The maximum Gasteiger partial charge on any atom is 0.338 e. The first-order valence-electron chi connectivity index (χ1n) is 10.3. The highest BCUT2D eigenvalue weighted by atomic mass is 16.5. The van der Waals surface area contributed by atoms with E-state index in [9.17, 15) is 9.59 Å². The average Bonchev–Trinajstić information content (AvgIpc) is 3.17. The third-order valence-electron chi connectivity index (χ3n) is 5.54. The van der Waals surface area contributed by atoms with E-state index in [1.807, 2.05) is 28.8 Å². The van der Waals surface area contributed by atoms with Gasteiger partial charge in [-0.15, -0.1) is 0 Å². The Morgan fingerprint density at radius 2 is 2.07 bits per heavy atom. The van der Waals surface area contributed by atoms with Crippen molar-refractivity contribution >= 4 is 17.3 Å². The molecule has 1 fully saturated rings. The Bertz CT molecular complexity index is 1110. The van der Waals surface area contributed by atoms with E-state index in [0.29, 0.717) is 30.0 Å². The van der Waals surface area contributed by atoms with Crippen LogP contribution in [0, 0.1) is 6.92 Å². The van der Waals surface area contributed by atoms with Crippen LogP contribution in [0.25, 0.3) is 16.6 Å². The minimum atomic E-state index is -0.410. The van der Waals surface area contributed by atoms with E-state index in [1.54, 1.807) is 19.9 Å². The Kier molecular flexibility index (Phi) is 5.70. The highest BCUT2D eigenvalue weighted by Gasteiger charge is 2.22. The molecule has 1 unspecified atom stereocenters. The third-order valence-corrected chi connectivity index (χ3v) is 5.54. The fourth-order valence-electron chi connectivity index (χ4n) is 4.18. The van der Waals surface area contributed by atoms with E-state index in [4.69, 9.17) is 9.47 Å². The lowest BCUT2D eigenvalue weighted by molar-refractivity contribution is 0.0525. The zero-order valence-electron chi connectivity index (χ0n) is 17.5. The number of carbonyl (C=O) groups excluding carboxylic acids is 2. The number of esters is 1. The SMILES string of the molecule is CCOC(=O)c1cc2cc(-c3ccccc3C3COCCN3)cn2c(C(C)=O)c1C. The molecule has 1 aromatic carbocycles. The number of fused-ring (bicyclic) bond motifs is 1. The summed E-state index contributed by atoms with van der Waals surface area (Å²) >= 11 is 0. The first kappa shape index (κ1) is 20.3. The van der Waals surface area contributed by atoms with Crippen LogP contribution < -0.4 is 5.32 Å². The molecule has 3 heterocycles. The number of rotatable bonds is 5. The summed E-state index contributed by atoms with van der Waals surface area (Å²) in [6.45, 7) is 7.52. The number of carbonyl (C=O) groups is 2. The second-order valence-electron chi connectivity index (χ2n) is 7.50. The lowest BCUT2D eigenvalue weighted by Crippen LogP contribution is -2.34. The largest absolute Gasteiger partial charge is 0.462 e. The highest BCUT2D eigenvalue weighted by Crippen LogP contribution is 2.32. The van der Waals surface area contributed by atoms with Gasteiger partial charge in [0.15, 0.2) is 5.78 Å². The van der Waals surface area contributed by atoms with Crippen LogP contribution in [0.15, 0.2) is 42.6 Å². The Labute approximate surface area is 175 Å². The van der Waals surface area contributed by atoms with Gasteiger partial charge >= 0.3 is 5.97 Å². The average molecular weight is 406 g/mol. The third kappa shape index (κ3) is 3.64. The molecule has 3 aromatic rings. The number of hydrogen-bond donors (Lipinski definition) is 1. The first-order valence-corrected chi connectivity index (χ1v) is 10.3. The molecule has 1 saturated heterocycles. The second kappa shape index (κ2) is 8.42. The minimum absolute atomic E-state index is 0.0959. The highest BCUT2D eigenvalue weighted by molar-refractivity contribution is 6.01. The van der Waals surface area contributed by atoms with Crippen LogP contribution in [0.3, 0.4) is 0 Å². The standard InChI is InChI=1S/C24H26N2O4/c1-4-30-24(28)21-12-18-11-17(13-26(18)23(15(21)2)16(3)27)19-7-5-6-8-20(19)22-14-29-10-9-25-22/h5-8,11-13,22,25H,4,9-10,14H2,1-3H3. The van der Waals surface area contributed by atoms with Gasteiger partial charge in [0.05, 0.1) is 37.1 Å².